The van der Waals surface area contributed by atoms with Gasteiger partial charge in [0.2, 0.25) is 0 Å². The zero-order valence-corrected chi connectivity index (χ0v) is 14.0. The fourth-order valence-electron chi connectivity index (χ4n) is 2.91. The average molecular weight is 314 g/mol. The normalized spacial score (nSPS) is 11.3. The van der Waals surface area contributed by atoms with Crippen LogP contribution in [0.1, 0.15) is 27.9 Å². The molecule has 4 nitrogen and oxygen atoms in total. The van der Waals surface area contributed by atoms with E-state index in [-0.39, 0.29) is 0 Å². The lowest BCUT2D eigenvalue weighted by Crippen LogP contribution is -2.05. The highest BCUT2D eigenvalue weighted by atomic mass is 35.5. The Morgan fingerprint density at radius 1 is 1.14 bits per heavy atom. The fraction of sp³-hybridized carbons (Fsp3) is 0.353. The van der Waals surface area contributed by atoms with Crippen LogP contribution in [0.4, 0.5) is 0 Å². The van der Waals surface area contributed by atoms with Gasteiger partial charge in [0.05, 0.1) is 5.69 Å². The minimum absolute atomic E-state index is 0.550. The minimum Gasteiger partial charge on any atom is -0.232 e. The fourth-order valence-corrected chi connectivity index (χ4v) is 3.10. The zero-order chi connectivity index (χ0) is 15.9. The van der Waals surface area contributed by atoms with Gasteiger partial charge in [0.1, 0.15) is 5.52 Å². The van der Waals surface area contributed by atoms with E-state index in [1.165, 1.54) is 5.56 Å². The van der Waals surface area contributed by atoms with Gasteiger partial charge < -0.3 is 0 Å². The largest absolute Gasteiger partial charge is 0.232 e. The Labute approximate surface area is 135 Å². The summed E-state index contributed by atoms with van der Waals surface area (Å²) < 4.78 is 1.81. The lowest BCUT2D eigenvalue weighted by Gasteiger charge is -2.11. The molecule has 3 aromatic rings. The molecule has 0 unspecified atom stereocenters. The maximum Gasteiger partial charge on any atom is 0.184 e. The molecule has 2 aromatic heterocycles. The third-order valence-electron chi connectivity index (χ3n) is 3.82. The van der Waals surface area contributed by atoms with Crippen molar-refractivity contribution in [3.8, 4) is 5.69 Å². The SMILES string of the molecule is Cc1cc(C)c(-n2nnc3[c]c(CCCl)c(C)nc32)c(C)c1. The van der Waals surface area contributed by atoms with Gasteiger partial charge in [0, 0.05) is 17.6 Å². The van der Waals surface area contributed by atoms with E-state index in [1.807, 2.05) is 11.6 Å². The first-order valence-electron chi connectivity index (χ1n) is 7.29. The van der Waals surface area contributed by atoms with Gasteiger partial charge in [0.25, 0.3) is 0 Å². The monoisotopic (exact) mass is 313 g/mol. The first-order chi connectivity index (χ1) is 10.5. The van der Waals surface area contributed by atoms with Gasteiger partial charge in [-0.15, -0.1) is 16.7 Å². The summed E-state index contributed by atoms with van der Waals surface area (Å²) in [4.78, 5) is 4.68. The second-order valence-corrected chi connectivity index (χ2v) is 6.04. The maximum atomic E-state index is 5.83. The van der Waals surface area contributed by atoms with Crippen LogP contribution in [0.25, 0.3) is 16.9 Å². The van der Waals surface area contributed by atoms with Crippen LogP contribution in [0.2, 0.25) is 0 Å². The van der Waals surface area contributed by atoms with Crippen LogP contribution in [-0.4, -0.2) is 25.9 Å². The Morgan fingerprint density at radius 2 is 1.82 bits per heavy atom. The van der Waals surface area contributed by atoms with Crippen molar-refractivity contribution in [2.45, 2.75) is 34.1 Å². The summed E-state index contributed by atoms with van der Waals surface area (Å²) in [5.41, 5.74) is 7.96. The summed E-state index contributed by atoms with van der Waals surface area (Å²) in [7, 11) is 0. The highest BCUT2D eigenvalue weighted by Crippen LogP contribution is 2.24. The Balaban J connectivity index is 2.23. The Bertz CT molecular complexity index is 828. The van der Waals surface area contributed by atoms with Crippen LogP contribution in [0.15, 0.2) is 12.1 Å². The molecule has 2 heterocycles. The van der Waals surface area contributed by atoms with E-state index in [1.54, 1.807) is 0 Å². The molecule has 113 valence electrons. The van der Waals surface area contributed by atoms with Gasteiger partial charge in [-0.3, -0.25) is 0 Å². The van der Waals surface area contributed by atoms with Crippen LogP contribution >= 0.6 is 11.6 Å². The van der Waals surface area contributed by atoms with Crippen molar-refractivity contribution < 1.29 is 0 Å². The Kier molecular flexibility index (Phi) is 3.87. The molecule has 0 atom stereocenters. The standard InChI is InChI=1S/C17H18ClN4/c1-10-7-11(2)16(12(3)8-10)22-17-15(20-21-22)9-14(5-6-18)13(4)19-17/h7-8H,5-6H2,1-4H3. The molecule has 0 aliphatic carbocycles. The van der Waals surface area contributed by atoms with E-state index in [0.717, 1.165) is 40.1 Å². The molecule has 22 heavy (non-hydrogen) atoms. The predicted octanol–water partition coefficient (Wildman–Crippen LogP) is 3.63. The minimum atomic E-state index is 0.550. The first kappa shape index (κ1) is 15.0. The Hall–Kier alpha value is -1.94. The molecule has 0 bridgehead atoms. The Morgan fingerprint density at radius 3 is 2.45 bits per heavy atom. The molecule has 5 heteroatoms. The van der Waals surface area contributed by atoms with Gasteiger partial charge in [-0.25, -0.2) is 4.98 Å². The summed E-state index contributed by atoms with van der Waals surface area (Å²) in [6.07, 6.45) is 0.742. The number of nitrogens with zero attached hydrogens (tertiary/aromatic N) is 4. The molecule has 1 aromatic carbocycles. The topological polar surface area (TPSA) is 43.6 Å². The molecule has 0 saturated carbocycles. The van der Waals surface area contributed by atoms with Crippen LogP contribution in [0.3, 0.4) is 0 Å². The smallest absolute Gasteiger partial charge is 0.184 e. The number of pyridine rings is 1. The molecule has 0 fully saturated rings. The number of hydrogen-bond donors (Lipinski definition) is 0. The van der Waals surface area contributed by atoms with E-state index in [2.05, 4.69) is 54.3 Å². The molecule has 0 saturated heterocycles. The molecule has 1 radical (unpaired) electrons. The van der Waals surface area contributed by atoms with Crippen LogP contribution in [0.5, 0.6) is 0 Å². The molecule has 0 aliphatic heterocycles. The summed E-state index contributed by atoms with van der Waals surface area (Å²) in [5.74, 6) is 0.550. The lowest BCUT2D eigenvalue weighted by molar-refractivity contribution is 0.805. The van der Waals surface area contributed by atoms with Gasteiger partial charge in [-0.2, -0.15) is 4.68 Å². The molecular formula is C17H18ClN4. The third-order valence-corrected chi connectivity index (χ3v) is 4.01. The van der Waals surface area contributed by atoms with Crippen molar-refractivity contribution in [1.82, 2.24) is 20.0 Å². The van der Waals surface area contributed by atoms with Crippen molar-refractivity contribution in [2.75, 3.05) is 5.88 Å². The number of aromatic nitrogens is 4. The quantitative estimate of drug-likeness (QED) is 0.693. The number of rotatable bonds is 3. The van der Waals surface area contributed by atoms with Crippen LogP contribution < -0.4 is 0 Å². The number of hydrogen-bond acceptors (Lipinski definition) is 3. The van der Waals surface area contributed by atoms with Crippen LogP contribution in [-0.2, 0) is 6.42 Å². The highest BCUT2D eigenvalue weighted by Gasteiger charge is 2.15. The second kappa shape index (κ2) is 5.69. The molecule has 0 amide bonds. The molecule has 0 spiro atoms. The van der Waals surface area contributed by atoms with E-state index in [0.29, 0.717) is 11.4 Å². The van der Waals surface area contributed by atoms with Crippen molar-refractivity contribution in [3.05, 3.63) is 46.1 Å². The van der Waals surface area contributed by atoms with Crippen molar-refractivity contribution in [1.29, 1.82) is 0 Å². The highest BCUT2D eigenvalue weighted by molar-refractivity contribution is 6.18. The first-order valence-corrected chi connectivity index (χ1v) is 7.83. The lowest BCUT2D eigenvalue weighted by atomic mass is 10.1. The molecule has 0 aliphatic rings. The van der Waals surface area contributed by atoms with Crippen molar-refractivity contribution in [2.24, 2.45) is 0 Å². The number of fused-ring (bicyclic) bond motifs is 1. The third kappa shape index (κ3) is 2.48. The summed E-state index contributed by atoms with van der Waals surface area (Å²) in [5, 5.41) is 8.53. The number of aryl methyl sites for hydroxylation is 5. The summed E-state index contributed by atoms with van der Waals surface area (Å²) in [6, 6.07) is 7.59. The van der Waals surface area contributed by atoms with E-state index < -0.39 is 0 Å². The van der Waals surface area contributed by atoms with Crippen LogP contribution in [0, 0.1) is 33.8 Å². The van der Waals surface area contributed by atoms with E-state index >= 15 is 0 Å². The molecule has 0 N–H and O–H groups in total. The van der Waals surface area contributed by atoms with E-state index in [4.69, 9.17) is 11.6 Å². The van der Waals surface area contributed by atoms with Crippen molar-refractivity contribution >= 4 is 22.8 Å². The van der Waals surface area contributed by atoms with Gasteiger partial charge in [-0.1, -0.05) is 22.9 Å². The zero-order valence-electron chi connectivity index (χ0n) is 13.2. The number of benzene rings is 1. The number of halogens is 1. The second-order valence-electron chi connectivity index (χ2n) is 5.66. The van der Waals surface area contributed by atoms with Gasteiger partial charge in [0.15, 0.2) is 5.65 Å². The van der Waals surface area contributed by atoms with Gasteiger partial charge in [-0.05, 0) is 50.8 Å². The molecule has 3 rings (SSSR count). The summed E-state index contributed by atoms with van der Waals surface area (Å²) >= 11 is 5.83. The number of alkyl halides is 1. The predicted molar refractivity (Wildman–Crippen MR) is 88.9 cm³/mol. The van der Waals surface area contributed by atoms with Gasteiger partial charge >= 0.3 is 0 Å². The maximum absolute atomic E-state index is 5.83. The summed E-state index contributed by atoms with van der Waals surface area (Å²) in [6.45, 7) is 8.24. The average Bonchev–Trinajstić information content (AvgIpc) is 2.81. The van der Waals surface area contributed by atoms with E-state index in [9.17, 15) is 0 Å². The van der Waals surface area contributed by atoms with Crippen molar-refractivity contribution in [3.63, 3.8) is 0 Å². The molecular weight excluding hydrogens is 296 g/mol.